The van der Waals surface area contributed by atoms with Crippen LogP contribution in [0.25, 0.3) is 0 Å². The van der Waals surface area contributed by atoms with Crippen LogP contribution in [0.15, 0.2) is 65.0 Å². The third-order valence-electron chi connectivity index (χ3n) is 6.82. The molecule has 1 aliphatic heterocycles. The van der Waals surface area contributed by atoms with E-state index in [0.717, 1.165) is 22.4 Å². The van der Waals surface area contributed by atoms with Crippen LogP contribution in [0.3, 0.4) is 0 Å². The lowest BCUT2D eigenvalue weighted by Crippen LogP contribution is -2.36. The second-order valence-corrected chi connectivity index (χ2v) is 9.17. The molecule has 190 valence electrons. The Hall–Kier alpha value is -3.58. The lowest BCUT2D eigenvalue weighted by molar-refractivity contribution is -0.140. The first-order chi connectivity index (χ1) is 17.4. The van der Waals surface area contributed by atoms with Crippen LogP contribution in [0.4, 0.5) is 0 Å². The summed E-state index contributed by atoms with van der Waals surface area (Å²) in [5.41, 5.74) is 5.62. The number of rotatable bonds is 8. The molecule has 0 spiro atoms. The van der Waals surface area contributed by atoms with Crippen LogP contribution in [0.1, 0.15) is 48.3 Å². The third-order valence-corrected chi connectivity index (χ3v) is 6.82. The molecule has 0 saturated heterocycles. The molecular weight excluding hydrogens is 458 g/mol. The molecule has 0 radical (unpaired) electrons. The van der Waals surface area contributed by atoms with E-state index in [4.69, 9.17) is 18.9 Å². The summed E-state index contributed by atoms with van der Waals surface area (Å²) in [7, 11) is 4.76. The van der Waals surface area contributed by atoms with Gasteiger partial charge in [0.15, 0.2) is 17.3 Å². The average Bonchev–Trinajstić information content (AvgIpc) is 2.87. The lowest BCUT2D eigenvalue weighted by atomic mass is 9.71. The van der Waals surface area contributed by atoms with Crippen LogP contribution in [0.5, 0.6) is 11.5 Å². The number of ketones is 1. The normalized spacial score (nSPS) is 19.5. The first-order valence-corrected chi connectivity index (χ1v) is 12.1. The number of hydrogen-bond acceptors (Lipinski definition) is 7. The highest BCUT2D eigenvalue weighted by Crippen LogP contribution is 2.46. The van der Waals surface area contributed by atoms with E-state index in [1.165, 1.54) is 0 Å². The summed E-state index contributed by atoms with van der Waals surface area (Å²) >= 11 is 0. The number of carbonyl (C=O) groups is 2. The number of allylic oxidation sites excluding steroid dienone is 3. The minimum absolute atomic E-state index is 0.0183. The summed E-state index contributed by atoms with van der Waals surface area (Å²) in [5, 5.41) is 3.39. The monoisotopic (exact) mass is 491 g/mol. The van der Waals surface area contributed by atoms with Gasteiger partial charge in [-0.2, -0.15) is 0 Å². The Morgan fingerprint density at radius 3 is 2.42 bits per heavy atom. The minimum Gasteiger partial charge on any atom is -0.493 e. The van der Waals surface area contributed by atoms with Crippen LogP contribution in [0.2, 0.25) is 0 Å². The Morgan fingerprint density at radius 1 is 0.944 bits per heavy atom. The molecule has 0 bridgehead atoms. The highest BCUT2D eigenvalue weighted by atomic mass is 16.6. The van der Waals surface area contributed by atoms with Crippen LogP contribution in [-0.2, 0) is 19.1 Å². The van der Waals surface area contributed by atoms with Gasteiger partial charge < -0.3 is 24.3 Å². The maximum Gasteiger partial charge on any atom is 0.336 e. The Morgan fingerprint density at radius 2 is 1.72 bits per heavy atom. The second-order valence-electron chi connectivity index (χ2n) is 9.17. The summed E-state index contributed by atoms with van der Waals surface area (Å²) in [5.74, 6) is 0.344. The van der Waals surface area contributed by atoms with Crippen LogP contribution in [-0.4, -0.2) is 46.3 Å². The molecular formula is C29H33NO6. The van der Waals surface area contributed by atoms with Crippen LogP contribution < -0.4 is 14.8 Å². The Kier molecular flexibility index (Phi) is 7.79. The summed E-state index contributed by atoms with van der Waals surface area (Å²) in [6, 6.07) is 13.7. The number of dihydropyridines is 1. The van der Waals surface area contributed by atoms with Gasteiger partial charge in [0.05, 0.1) is 26.4 Å². The molecule has 0 saturated carbocycles. The van der Waals surface area contributed by atoms with Gasteiger partial charge in [0.2, 0.25) is 0 Å². The zero-order valence-corrected chi connectivity index (χ0v) is 21.5. The molecule has 2 aromatic carbocycles. The van der Waals surface area contributed by atoms with Crippen LogP contribution >= 0.6 is 0 Å². The Labute approximate surface area is 212 Å². The molecule has 1 N–H and O–H groups in total. The lowest BCUT2D eigenvalue weighted by Gasteiger charge is -2.37. The van der Waals surface area contributed by atoms with Gasteiger partial charge in [0, 0.05) is 36.4 Å². The number of Topliss-reactive ketones (excluding diaryl/α,β-unsaturated/α-hetero) is 1. The summed E-state index contributed by atoms with van der Waals surface area (Å²) in [6.45, 7) is 4.32. The van der Waals surface area contributed by atoms with Gasteiger partial charge in [-0.1, -0.05) is 35.9 Å². The quantitative estimate of drug-likeness (QED) is 0.428. The second kappa shape index (κ2) is 11.0. The fourth-order valence-electron chi connectivity index (χ4n) is 5.13. The maximum atomic E-state index is 13.7. The largest absolute Gasteiger partial charge is 0.493 e. The zero-order chi connectivity index (χ0) is 25.8. The van der Waals surface area contributed by atoms with Crippen molar-refractivity contribution >= 4 is 11.8 Å². The Bertz CT molecular complexity index is 1230. The van der Waals surface area contributed by atoms with E-state index in [1.54, 1.807) is 21.3 Å². The number of benzene rings is 2. The first-order valence-electron chi connectivity index (χ1n) is 12.1. The first kappa shape index (κ1) is 25.5. The maximum absolute atomic E-state index is 13.7. The molecule has 0 unspecified atom stereocenters. The number of ether oxygens (including phenoxy) is 4. The van der Waals surface area contributed by atoms with E-state index < -0.39 is 11.9 Å². The van der Waals surface area contributed by atoms with Gasteiger partial charge in [0.25, 0.3) is 0 Å². The smallest absolute Gasteiger partial charge is 0.336 e. The Balaban J connectivity index is 1.74. The predicted octanol–water partition coefficient (Wildman–Crippen LogP) is 4.56. The van der Waals surface area contributed by atoms with Crippen molar-refractivity contribution in [3.05, 3.63) is 81.7 Å². The van der Waals surface area contributed by atoms with Crippen molar-refractivity contribution in [2.24, 2.45) is 0 Å². The SMILES string of the molecule is COCCOC(=O)C1=C(C)NC2=C(C(=O)C[C@H](c3ccc(OC)c(OC)c3)C2)[C@@H]1c1cccc(C)c1. The molecule has 7 heteroatoms. The van der Waals surface area contributed by atoms with E-state index in [0.29, 0.717) is 47.8 Å². The van der Waals surface area contributed by atoms with E-state index in [1.807, 2.05) is 56.3 Å². The van der Waals surface area contributed by atoms with Crippen molar-refractivity contribution in [1.29, 1.82) is 0 Å². The number of esters is 1. The average molecular weight is 492 g/mol. The molecule has 2 atom stereocenters. The van der Waals surface area contributed by atoms with Crippen molar-refractivity contribution < 1.29 is 28.5 Å². The summed E-state index contributed by atoms with van der Waals surface area (Å²) < 4.78 is 21.4. The molecule has 2 aliphatic rings. The number of nitrogens with one attached hydrogen (secondary N) is 1. The molecule has 36 heavy (non-hydrogen) atoms. The van der Waals surface area contributed by atoms with Gasteiger partial charge in [0.1, 0.15) is 6.61 Å². The highest BCUT2D eigenvalue weighted by molar-refractivity contribution is 6.04. The zero-order valence-electron chi connectivity index (χ0n) is 21.5. The molecule has 7 nitrogen and oxygen atoms in total. The summed E-state index contributed by atoms with van der Waals surface area (Å²) in [6.07, 6.45) is 0.978. The predicted molar refractivity (Wildman–Crippen MR) is 136 cm³/mol. The fraction of sp³-hybridized carbons (Fsp3) is 0.379. The molecule has 0 amide bonds. The van der Waals surface area contributed by atoms with E-state index in [-0.39, 0.29) is 18.3 Å². The third kappa shape index (κ3) is 5.02. The van der Waals surface area contributed by atoms with Crippen molar-refractivity contribution in [3.8, 4) is 11.5 Å². The van der Waals surface area contributed by atoms with Crippen LogP contribution in [0, 0.1) is 6.92 Å². The number of aryl methyl sites for hydroxylation is 1. The van der Waals surface area contributed by atoms with Gasteiger partial charge in [-0.05, 0) is 49.4 Å². The minimum atomic E-state index is -0.491. The fourth-order valence-corrected chi connectivity index (χ4v) is 5.13. The number of carbonyl (C=O) groups excluding carboxylic acids is 2. The van der Waals surface area contributed by atoms with Gasteiger partial charge in [-0.25, -0.2) is 4.79 Å². The number of hydrogen-bond donors (Lipinski definition) is 1. The van der Waals surface area contributed by atoms with Crippen molar-refractivity contribution in [1.82, 2.24) is 5.32 Å². The number of methoxy groups -OCH3 is 3. The summed E-state index contributed by atoms with van der Waals surface area (Å²) in [4.78, 5) is 27.0. The molecule has 1 heterocycles. The topological polar surface area (TPSA) is 83.1 Å². The molecule has 0 aromatic heterocycles. The highest BCUT2D eigenvalue weighted by Gasteiger charge is 2.41. The van der Waals surface area contributed by atoms with Crippen molar-refractivity contribution in [2.75, 3.05) is 34.5 Å². The molecule has 0 fully saturated rings. The van der Waals surface area contributed by atoms with Gasteiger partial charge >= 0.3 is 5.97 Å². The molecule has 4 rings (SSSR count). The molecule has 1 aliphatic carbocycles. The standard InChI is InChI=1S/C29H33NO6/c1-17-7-6-8-20(13-17)27-26(29(32)36-12-11-33-3)18(2)30-22-14-21(15-23(31)28(22)27)19-9-10-24(34-4)25(16-19)35-5/h6-10,13,16,21,27,30H,11-12,14-15H2,1-5H3/t21-,27-/m1/s1. The van der Waals surface area contributed by atoms with Gasteiger partial charge in [-0.3, -0.25) is 4.79 Å². The van der Waals surface area contributed by atoms with Gasteiger partial charge in [-0.15, -0.1) is 0 Å². The van der Waals surface area contributed by atoms with E-state index >= 15 is 0 Å². The van der Waals surface area contributed by atoms with E-state index in [2.05, 4.69) is 5.32 Å². The van der Waals surface area contributed by atoms with E-state index in [9.17, 15) is 9.59 Å². The van der Waals surface area contributed by atoms with Crippen molar-refractivity contribution in [2.45, 2.75) is 38.5 Å². The van der Waals surface area contributed by atoms with Crippen molar-refractivity contribution in [3.63, 3.8) is 0 Å². The molecule has 2 aromatic rings.